The minimum Gasteiger partial charge on any atom is -0.423 e. The summed E-state index contributed by atoms with van der Waals surface area (Å²) >= 11 is 0. The van der Waals surface area contributed by atoms with Gasteiger partial charge < -0.3 is 4.42 Å². The molecule has 2 nitrogen and oxygen atoms in total. The fraction of sp³-hybridized carbons (Fsp3) is 0.133. The molecule has 0 fully saturated rings. The summed E-state index contributed by atoms with van der Waals surface area (Å²) in [5.41, 5.74) is 2.45. The zero-order valence-corrected chi connectivity index (χ0v) is 9.19. The average Bonchev–Trinajstić information content (AvgIpc) is 2.29. The molecule has 2 heteroatoms. The van der Waals surface area contributed by atoms with Crippen LogP contribution in [0.2, 0.25) is 0 Å². The lowest BCUT2D eigenvalue weighted by molar-refractivity contribution is 0.561. The van der Waals surface area contributed by atoms with E-state index in [4.69, 9.17) is 4.42 Å². The normalized spacial score (nSPS) is 13.4. The fourth-order valence-electron chi connectivity index (χ4n) is 1.99. The van der Waals surface area contributed by atoms with E-state index in [0.717, 1.165) is 23.8 Å². The summed E-state index contributed by atoms with van der Waals surface area (Å²) in [6.07, 6.45) is 5.90. The van der Waals surface area contributed by atoms with Gasteiger partial charge in [0.25, 0.3) is 0 Å². The summed E-state index contributed by atoms with van der Waals surface area (Å²) in [5, 5.41) is 0.953. The number of aryl methyl sites for hydroxylation is 1. The van der Waals surface area contributed by atoms with Crippen LogP contribution in [0.1, 0.15) is 17.5 Å². The Morgan fingerprint density at radius 1 is 1.24 bits per heavy atom. The first-order chi connectivity index (χ1) is 8.33. The van der Waals surface area contributed by atoms with Gasteiger partial charge in [-0.1, -0.05) is 17.9 Å². The van der Waals surface area contributed by atoms with Gasteiger partial charge in [-0.25, -0.2) is 4.79 Å². The van der Waals surface area contributed by atoms with E-state index in [9.17, 15) is 4.79 Å². The van der Waals surface area contributed by atoms with E-state index in [1.165, 1.54) is 11.6 Å². The van der Waals surface area contributed by atoms with Crippen LogP contribution in [0.3, 0.4) is 0 Å². The number of rotatable bonds is 0. The van der Waals surface area contributed by atoms with Crippen LogP contribution < -0.4 is 5.63 Å². The molecule has 3 rings (SSSR count). The Labute approximate surface area is 98.6 Å². The fourth-order valence-corrected chi connectivity index (χ4v) is 1.99. The molecule has 1 heterocycles. The van der Waals surface area contributed by atoms with Crippen LogP contribution in [0.5, 0.6) is 0 Å². The summed E-state index contributed by atoms with van der Waals surface area (Å²) < 4.78 is 5.16. The Bertz CT molecular complexity index is 724. The Hall–Kier alpha value is -2.27. The Kier molecular flexibility index (Phi) is 2.31. The summed E-state index contributed by atoms with van der Waals surface area (Å²) in [6.45, 7) is 0. The summed E-state index contributed by atoms with van der Waals surface area (Å²) in [6, 6.07) is 7.16. The van der Waals surface area contributed by atoms with Gasteiger partial charge in [-0.2, -0.15) is 0 Å². The van der Waals surface area contributed by atoms with Crippen LogP contribution in [0.4, 0.5) is 0 Å². The Balaban J connectivity index is 2.30. The first kappa shape index (κ1) is 9.92. The lowest BCUT2D eigenvalue weighted by Crippen LogP contribution is -1.97. The zero-order chi connectivity index (χ0) is 11.7. The molecule has 17 heavy (non-hydrogen) atoms. The molecule has 1 aliphatic rings. The number of allylic oxidation sites excluding steroid dienone is 2. The zero-order valence-electron chi connectivity index (χ0n) is 9.19. The maximum atomic E-state index is 11.2. The molecule has 0 aliphatic heterocycles. The van der Waals surface area contributed by atoms with Crippen molar-refractivity contribution in [2.75, 3.05) is 0 Å². The molecule has 1 aliphatic carbocycles. The van der Waals surface area contributed by atoms with Crippen molar-refractivity contribution in [1.82, 2.24) is 0 Å². The van der Waals surface area contributed by atoms with E-state index in [-0.39, 0.29) is 5.63 Å². The molecule has 0 atom stereocenters. The second-order valence-corrected chi connectivity index (χ2v) is 4.01. The van der Waals surface area contributed by atoms with E-state index in [2.05, 4.69) is 24.0 Å². The molecule has 1 aromatic heterocycles. The maximum absolute atomic E-state index is 11.2. The van der Waals surface area contributed by atoms with Crippen LogP contribution in [0, 0.1) is 11.8 Å². The third kappa shape index (κ3) is 1.88. The third-order valence-electron chi connectivity index (χ3n) is 2.83. The second-order valence-electron chi connectivity index (χ2n) is 4.01. The van der Waals surface area contributed by atoms with Gasteiger partial charge in [-0.15, -0.1) is 0 Å². The molecule has 2 aromatic rings. The van der Waals surface area contributed by atoms with E-state index in [0.29, 0.717) is 5.58 Å². The number of hydrogen-bond acceptors (Lipinski definition) is 2. The topological polar surface area (TPSA) is 30.2 Å². The molecule has 0 bridgehead atoms. The van der Waals surface area contributed by atoms with Gasteiger partial charge in [-0.05, 0) is 42.7 Å². The predicted octanol–water partition coefficient (Wildman–Crippen LogP) is 2.65. The van der Waals surface area contributed by atoms with E-state index >= 15 is 0 Å². The van der Waals surface area contributed by atoms with Gasteiger partial charge in [0.2, 0.25) is 0 Å². The molecule has 1 aromatic carbocycles. The van der Waals surface area contributed by atoms with Crippen molar-refractivity contribution in [2.24, 2.45) is 0 Å². The molecule has 0 saturated heterocycles. The highest BCUT2D eigenvalue weighted by Crippen LogP contribution is 2.20. The second kappa shape index (κ2) is 3.95. The number of benzene rings is 1. The van der Waals surface area contributed by atoms with Crippen LogP contribution in [0.25, 0.3) is 11.0 Å². The SMILES string of the molecule is O=c1ccc2cc3c(cc2o1)C#CC=CCC3. The van der Waals surface area contributed by atoms with Crippen LogP contribution in [-0.4, -0.2) is 0 Å². The largest absolute Gasteiger partial charge is 0.423 e. The average molecular weight is 222 g/mol. The van der Waals surface area contributed by atoms with E-state index in [1.54, 1.807) is 6.07 Å². The van der Waals surface area contributed by atoms with Gasteiger partial charge in [0.15, 0.2) is 0 Å². The maximum Gasteiger partial charge on any atom is 0.336 e. The smallest absolute Gasteiger partial charge is 0.336 e. The molecule has 0 N–H and O–H groups in total. The van der Waals surface area contributed by atoms with Crippen LogP contribution in [0.15, 0.2) is 45.6 Å². The van der Waals surface area contributed by atoms with Gasteiger partial charge in [0, 0.05) is 17.0 Å². The van der Waals surface area contributed by atoms with Gasteiger partial charge >= 0.3 is 5.63 Å². The van der Waals surface area contributed by atoms with Crippen molar-refractivity contribution in [2.45, 2.75) is 12.8 Å². The standard InChI is InChI=1S/C15H10O2/c16-15-8-7-13-9-11-5-3-1-2-4-6-12(11)10-14(13)17-15/h1-2,7-10H,3,5H2. The summed E-state index contributed by atoms with van der Waals surface area (Å²) in [4.78, 5) is 11.2. The molecule has 0 radical (unpaired) electrons. The molecule has 0 saturated carbocycles. The minimum atomic E-state index is -0.323. The number of hydrogen-bond donors (Lipinski definition) is 0. The van der Waals surface area contributed by atoms with Gasteiger partial charge in [0.05, 0.1) is 0 Å². The van der Waals surface area contributed by atoms with Gasteiger partial charge in [-0.3, -0.25) is 0 Å². The number of fused-ring (bicyclic) bond motifs is 2. The quantitative estimate of drug-likeness (QED) is 0.506. The molecular weight excluding hydrogens is 212 g/mol. The molecule has 82 valence electrons. The molecule has 0 amide bonds. The lowest BCUT2D eigenvalue weighted by Gasteiger charge is -2.06. The summed E-state index contributed by atoms with van der Waals surface area (Å²) in [5.74, 6) is 6.05. The van der Waals surface area contributed by atoms with Crippen molar-refractivity contribution in [1.29, 1.82) is 0 Å². The van der Waals surface area contributed by atoms with E-state index < -0.39 is 0 Å². The highest BCUT2D eigenvalue weighted by molar-refractivity contribution is 5.79. The molecular formula is C15H10O2. The van der Waals surface area contributed by atoms with Crippen LogP contribution in [-0.2, 0) is 6.42 Å². The first-order valence-corrected chi connectivity index (χ1v) is 5.56. The highest BCUT2D eigenvalue weighted by Gasteiger charge is 2.05. The van der Waals surface area contributed by atoms with Crippen LogP contribution >= 0.6 is 0 Å². The van der Waals surface area contributed by atoms with E-state index in [1.807, 2.05) is 12.1 Å². The third-order valence-corrected chi connectivity index (χ3v) is 2.83. The first-order valence-electron chi connectivity index (χ1n) is 5.56. The Morgan fingerprint density at radius 3 is 3.12 bits per heavy atom. The van der Waals surface area contributed by atoms with Crippen molar-refractivity contribution < 1.29 is 4.42 Å². The van der Waals surface area contributed by atoms with Gasteiger partial charge in [0.1, 0.15) is 5.58 Å². The Morgan fingerprint density at radius 2 is 2.18 bits per heavy atom. The molecule has 0 unspecified atom stereocenters. The van der Waals surface area contributed by atoms with Crippen molar-refractivity contribution in [3.8, 4) is 11.8 Å². The predicted molar refractivity (Wildman–Crippen MR) is 66.8 cm³/mol. The van der Waals surface area contributed by atoms with Crippen molar-refractivity contribution in [3.63, 3.8) is 0 Å². The molecule has 0 spiro atoms. The lowest BCUT2D eigenvalue weighted by atomic mass is 9.99. The van der Waals surface area contributed by atoms with Crippen molar-refractivity contribution >= 4 is 11.0 Å². The minimum absolute atomic E-state index is 0.323. The summed E-state index contributed by atoms with van der Waals surface area (Å²) in [7, 11) is 0. The van der Waals surface area contributed by atoms with Crippen molar-refractivity contribution in [3.05, 3.63) is 58.0 Å². The highest BCUT2D eigenvalue weighted by atomic mass is 16.4. The monoisotopic (exact) mass is 222 g/mol.